The van der Waals surface area contributed by atoms with Gasteiger partial charge in [-0.1, -0.05) is 0 Å². The maximum Gasteiger partial charge on any atom is 0.551 e. The van der Waals surface area contributed by atoms with Gasteiger partial charge in [0.2, 0.25) is 0 Å². The van der Waals surface area contributed by atoms with E-state index in [0.717, 1.165) is 0 Å². The van der Waals surface area contributed by atoms with Crippen LogP contribution >= 0.6 is 7.99 Å². The van der Waals surface area contributed by atoms with Crippen LogP contribution in [0, 0.1) is 5.92 Å². The zero-order valence-electron chi connectivity index (χ0n) is 12.7. The van der Waals surface area contributed by atoms with Gasteiger partial charge in [-0.25, -0.2) is 4.57 Å². The first-order chi connectivity index (χ1) is 11.7. The topological polar surface area (TPSA) is 44.8 Å². The molecule has 164 valence electrons. The Kier molecular flexibility index (Phi) is 8.93. The van der Waals surface area contributed by atoms with E-state index in [9.17, 15) is 56.9 Å². The molecule has 0 saturated carbocycles. The lowest BCUT2D eigenvalue weighted by atomic mass is 10.2. The Bertz CT molecular complexity index is 467. The first-order valence-corrected chi connectivity index (χ1v) is 7.91. The van der Waals surface area contributed by atoms with Gasteiger partial charge >= 0.3 is 32.6 Å². The number of alkyl halides is 10. The molecule has 17 heteroatoms. The summed E-state index contributed by atoms with van der Waals surface area (Å²) in [6.07, 6.45) is -26.3. The van der Waals surface area contributed by atoms with Crippen molar-refractivity contribution in [1.82, 2.24) is 0 Å². The van der Waals surface area contributed by atoms with E-state index < -0.39 is 71.1 Å². The van der Waals surface area contributed by atoms with Crippen LogP contribution in [0.15, 0.2) is 0 Å². The van der Waals surface area contributed by atoms with Gasteiger partial charge in [-0.2, -0.15) is 43.9 Å². The molecular weight excluding hydrogens is 443 g/mol. The summed E-state index contributed by atoms with van der Waals surface area (Å²) in [6.45, 7) is -4.91. The van der Waals surface area contributed by atoms with E-state index in [1.165, 1.54) is 0 Å². The fourth-order valence-electron chi connectivity index (χ4n) is 1.38. The van der Waals surface area contributed by atoms with Crippen LogP contribution in [-0.2, 0) is 18.6 Å². The van der Waals surface area contributed by atoms with Crippen molar-refractivity contribution in [2.24, 2.45) is 5.92 Å². The molecule has 0 aliphatic heterocycles. The Morgan fingerprint density at radius 2 is 1.00 bits per heavy atom. The summed E-state index contributed by atoms with van der Waals surface area (Å²) < 4.78 is 168. The van der Waals surface area contributed by atoms with Gasteiger partial charge in [0, 0.05) is 5.92 Å². The summed E-state index contributed by atoms with van der Waals surface area (Å²) in [5.74, 6) is -2.12. The van der Waals surface area contributed by atoms with Crippen molar-refractivity contribution in [1.29, 1.82) is 0 Å². The number of ether oxygens (including phenoxy) is 2. The van der Waals surface area contributed by atoms with Crippen LogP contribution < -0.4 is 0 Å². The summed E-state index contributed by atoms with van der Waals surface area (Å²) >= 11 is 0. The minimum Gasteiger partial charge on any atom is -0.320 e. The van der Waals surface area contributed by atoms with Gasteiger partial charge in [0.15, 0.2) is 0 Å². The molecule has 0 rings (SSSR count). The fraction of sp³-hybridized carbons (Fsp3) is 1.00. The van der Waals surface area contributed by atoms with Gasteiger partial charge in [-0.3, -0.25) is 4.52 Å². The van der Waals surface area contributed by atoms with Crippen molar-refractivity contribution in [3.05, 3.63) is 0 Å². The first kappa shape index (κ1) is 26.3. The summed E-state index contributed by atoms with van der Waals surface area (Å²) in [6, 6.07) is 0. The van der Waals surface area contributed by atoms with Crippen LogP contribution in [0.1, 0.15) is 12.8 Å². The van der Waals surface area contributed by atoms with E-state index in [-0.39, 0.29) is 0 Å². The van der Waals surface area contributed by atoms with Crippen molar-refractivity contribution >= 4 is 7.99 Å². The van der Waals surface area contributed by atoms with E-state index in [2.05, 4.69) is 14.0 Å². The molecule has 0 heterocycles. The highest BCUT2D eigenvalue weighted by Crippen LogP contribution is 2.50. The monoisotopic (exact) mass is 454 g/mol. The molecule has 0 aromatic carbocycles. The van der Waals surface area contributed by atoms with E-state index in [1.807, 2.05) is 0 Å². The van der Waals surface area contributed by atoms with Crippen LogP contribution in [0.5, 0.6) is 0 Å². The average molecular weight is 454 g/mol. The van der Waals surface area contributed by atoms with Crippen LogP contribution in [-0.4, -0.2) is 44.4 Å². The molecule has 0 amide bonds. The molecule has 0 N–H and O–H groups in total. The van der Waals surface area contributed by atoms with Gasteiger partial charge in [0.1, 0.15) is 12.8 Å². The molecule has 0 bridgehead atoms. The molecule has 4 nitrogen and oxygen atoms in total. The predicted molar refractivity (Wildman–Crippen MR) is 62.4 cm³/mol. The van der Waals surface area contributed by atoms with Crippen molar-refractivity contribution in [2.45, 2.75) is 37.4 Å². The highest BCUT2D eigenvalue weighted by atomic mass is 31.2. The third-order valence-electron chi connectivity index (χ3n) is 2.33. The van der Waals surface area contributed by atoms with E-state index >= 15 is 0 Å². The zero-order chi connectivity index (χ0) is 21.7. The lowest BCUT2D eigenvalue weighted by molar-refractivity contribution is -0.309. The van der Waals surface area contributed by atoms with Crippen LogP contribution in [0.4, 0.5) is 52.3 Å². The van der Waals surface area contributed by atoms with Crippen molar-refractivity contribution in [3.8, 4) is 0 Å². The fourth-order valence-corrected chi connectivity index (χ4v) is 1.77. The van der Waals surface area contributed by atoms with Crippen LogP contribution in [0.3, 0.4) is 0 Å². The number of hydrogen-bond donors (Lipinski definition) is 0. The van der Waals surface area contributed by atoms with Crippen molar-refractivity contribution in [3.63, 3.8) is 0 Å². The maximum absolute atomic E-state index is 12.9. The van der Waals surface area contributed by atoms with E-state index in [1.54, 1.807) is 0 Å². The minimum absolute atomic E-state index is 1.59. The second kappa shape index (κ2) is 9.18. The Labute approximate surface area is 143 Å². The number of hydrogen-bond acceptors (Lipinski definition) is 4. The summed E-state index contributed by atoms with van der Waals surface area (Å²) in [5, 5.41) is 0. The predicted octanol–water partition coefficient (Wildman–Crippen LogP) is 5.79. The van der Waals surface area contributed by atoms with Crippen LogP contribution in [0.25, 0.3) is 0 Å². The molecule has 0 saturated heterocycles. The third-order valence-corrected chi connectivity index (χ3v) is 2.78. The smallest absolute Gasteiger partial charge is 0.320 e. The lowest BCUT2D eigenvalue weighted by Gasteiger charge is -2.24. The van der Waals surface area contributed by atoms with Gasteiger partial charge in [-0.15, -0.1) is 8.39 Å². The van der Waals surface area contributed by atoms with Gasteiger partial charge < -0.3 is 9.47 Å². The summed E-state index contributed by atoms with van der Waals surface area (Å²) in [4.78, 5) is 0. The molecule has 0 aromatic heterocycles. The summed E-state index contributed by atoms with van der Waals surface area (Å²) in [5.41, 5.74) is 0. The molecule has 0 atom stereocenters. The quantitative estimate of drug-likeness (QED) is 0.293. The number of halogens is 12. The second-order valence-electron chi connectivity index (χ2n) is 5.06. The third kappa shape index (κ3) is 16.0. The van der Waals surface area contributed by atoms with E-state index in [0.29, 0.717) is 0 Å². The highest BCUT2D eigenvalue weighted by molar-refractivity contribution is 7.47. The average Bonchev–Trinajstić information content (AvgIpc) is 2.30. The standard InChI is InChI=1S/C10H11F12O4P/c11-7(12,13)4-9(17,18)24-1-6(3-26-27(21,22)23)2-25-10(19,20)5-8(14,15)16/h6H,1-5H2. The zero-order valence-corrected chi connectivity index (χ0v) is 13.6. The van der Waals surface area contributed by atoms with Crippen molar-refractivity contribution < 1.29 is 70.9 Å². The minimum atomic E-state index is -6.26. The Hall–Kier alpha value is -0.730. The molecular formula is C10H11F12O4P. The Balaban J connectivity index is 4.90. The molecule has 0 aromatic rings. The normalized spacial score (nSPS) is 14.9. The maximum atomic E-state index is 12.9. The Morgan fingerprint density at radius 1 is 0.667 bits per heavy atom. The second-order valence-corrected chi connectivity index (χ2v) is 6.14. The molecule has 0 radical (unpaired) electrons. The van der Waals surface area contributed by atoms with Gasteiger partial charge in [-0.05, 0) is 0 Å². The van der Waals surface area contributed by atoms with Gasteiger partial charge in [0.05, 0.1) is 19.8 Å². The van der Waals surface area contributed by atoms with E-state index in [4.69, 9.17) is 0 Å². The molecule has 27 heavy (non-hydrogen) atoms. The first-order valence-electron chi connectivity index (χ1n) is 6.51. The largest absolute Gasteiger partial charge is 0.551 e. The molecule has 0 spiro atoms. The lowest BCUT2D eigenvalue weighted by Crippen LogP contribution is -2.35. The molecule has 0 aliphatic rings. The van der Waals surface area contributed by atoms with Gasteiger partial charge in [0.25, 0.3) is 0 Å². The molecule has 0 aliphatic carbocycles. The molecule has 0 fully saturated rings. The van der Waals surface area contributed by atoms with Crippen molar-refractivity contribution in [2.75, 3.05) is 19.8 Å². The Morgan fingerprint density at radius 3 is 1.26 bits per heavy atom. The number of rotatable bonds is 11. The molecule has 0 unspecified atom stereocenters. The summed E-state index contributed by atoms with van der Waals surface area (Å²) in [7, 11) is -6.26. The SMILES string of the molecule is O=P(F)(F)OCC(COC(F)(F)CC(F)(F)F)COC(F)(F)CC(F)(F)F. The highest BCUT2D eigenvalue weighted by Gasteiger charge is 2.47. The van der Waals surface area contributed by atoms with Crippen LogP contribution in [0.2, 0.25) is 0 Å².